The van der Waals surface area contributed by atoms with E-state index in [1.54, 1.807) is 6.08 Å². The van der Waals surface area contributed by atoms with E-state index in [0.717, 1.165) is 19.3 Å². The second-order valence-electron chi connectivity index (χ2n) is 5.57. The molecule has 24 heavy (non-hydrogen) atoms. The normalized spacial score (nSPS) is 18.4. The van der Waals surface area contributed by atoms with Crippen LogP contribution in [0.15, 0.2) is 36.4 Å². The molecule has 9 heteroatoms. The Balaban J connectivity index is 1.95. The van der Waals surface area contributed by atoms with Gasteiger partial charge in [-0.15, -0.1) is 16.8 Å². The first-order valence-corrected chi connectivity index (χ1v) is 9.42. The topological polar surface area (TPSA) is 99.9 Å². The third kappa shape index (κ3) is 3.51. The highest BCUT2D eigenvalue weighted by molar-refractivity contribution is 7.91. The molecule has 1 atom stereocenters. The van der Waals surface area contributed by atoms with Crippen LogP contribution in [0, 0.1) is 0 Å². The minimum Gasteiger partial charge on any atom is -0.377 e. The quantitative estimate of drug-likeness (QED) is 0.724. The van der Waals surface area contributed by atoms with Gasteiger partial charge in [0.05, 0.1) is 18.1 Å². The first kappa shape index (κ1) is 16.7. The molecule has 0 bridgehead atoms. The van der Waals surface area contributed by atoms with Crippen LogP contribution in [0.2, 0.25) is 0 Å². The summed E-state index contributed by atoms with van der Waals surface area (Å²) in [6.45, 7) is 4.54. The van der Waals surface area contributed by atoms with Crippen LogP contribution in [0.1, 0.15) is 19.3 Å². The Morgan fingerprint density at radius 2 is 2.21 bits per heavy atom. The summed E-state index contributed by atoms with van der Waals surface area (Å²) >= 11 is 0. The van der Waals surface area contributed by atoms with Gasteiger partial charge in [-0.2, -0.15) is 0 Å². The molecule has 0 amide bonds. The largest absolute Gasteiger partial charge is 0.377 e. The van der Waals surface area contributed by atoms with E-state index in [1.807, 2.05) is 0 Å². The molecule has 0 aromatic carbocycles. The number of allylic oxidation sites excluding steroid dienone is 1. The van der Waals surface area contributed by atoms with Crippen LogP contribution in [0.5, 0.6) is 0 Å². The van der Waals surface area contributed by atoms with Crippen molar-refractivity contribution in [3.8, 4) is 11.5 Å². The molecule has 0 spiro atoms. The van der Waals surface area contributed by atoms with E-state index in [4.69, 9.17) is 4.74 Å². The summed E-state index contributed by atoms with van der Waals surface area (Å²) in [5, 5.41) is 7.82. The van der Waals surface area contributed by atoms with Gasteiger partial charge in [0.15, 0.2) is 5.82 Å². The number of ether oxygens (including phenoxy) is 1. The Labute approximate surface area is 140 Å². The molecule has 0 saturated carbocycles. The van der Waals surface area contributed by atoms with E-state index < -0.39 is 9.84 Å². The monoisotopic (exact) mass is 349 g/mol. The smallest absolute Gasteiger partial charge is 0.250 e. The predicted octanol–water partition coefficient (Wildman–Crippen LogP) is 1.26. The lowest BCUT2D eigenvalue weighted by Gasteiger charge is -2.22. The lowest BCUT2D eigenvalue weighted by atomic mass is 10.1. The van der Waals surface area contributed by atoms with Gasteiger partial charge in [-0.05, 0) is 19.3 Å². The van der Waals surface area contributed by atoms with E-state index in [1.165, 1.54) is 23.2 Å². The zero-order chi connectivity index (χ0) is 17.0. The average Bonchev–Trinajstić information content (AvgIpc) is 3.01. The highest BCUT2D eigenvalue weighted by Gasteiger charge is 2.29. The Morgan fingerprint density at radius 1 is 1.33 bits per heavy atom. The maximum absolute atomic E-state index is 12.8. The van der Waals surface area contributed by atoms with Crippen LogP contribution in [0.3, 0.4) is 0 Å². The van der Waals surface area contributed by atoms with Crippen molar-refractivity contribution in [3.63, 3.8) is 0 Å². The molecule has 0 aliphatic carbocycles. The molecule has 0 radical (unpaired) electrons. The summed E-state index contributed by atoms with van der Waals surface area (Å²) in [6.07, 6.45) is 8.57. The van der Waals surface area contributed by atoms with Crippen LogP contribution in [-0.4, -0.2) is 51.6 Å². The third-order valence-corrected chi connectivity index (χ3v) is 5.45. The fourth-order valence-electron chi connectivity index (χ4n) is 2.67. The van der Waals surface area contributed by atoms with Crippen molar-refractivity contribution in [1.82, 2.24) is 24.7 Å². The summed E-state index contributed by atoms with van der Waals surface area (Å²) in [7, 11) is -3.63. The first-order valence-electron chi connectivity index (χ1n) is 7.76. The molecule has 128 valence electrons. The summed E-state index contributed by atoms with van der Waals surface area (Å²) < 4.78 is 32.6. The van der Waals surface area contributed by atoms with E-state index in [0.29, 0.717) is 18.1 Å². The van der Waals surface area contributed by atoms with Crippen molar-refractivity contribution in [3.05, 3.63) is 31.2 Å². The number of hydrogen-bond acceptors (Lipinski definition) is 7. The van der Waals surface area contributed by atoms with E-state index in [-0.39, 0.29) is 23.6 Å². The Hall–Kier alpha value is -2.13. The minimum absolute atomic E-state index is 0.0859. The lowest BCUT2D eigenvalue weighted by molar-refractivity contribution is 0.0304. The summed E-state index contributed by atoms with van der Waals surface area (Å²) in [4.78, 5) is 8.15. The molecule has 1 fully saturated rings. The van der Waals surface area contributed by atoms with E-state index in [2.05, 4.69) is 26.7 Å². The van der Waals surface area contributed by atoms with Gasteiger partial charge < -0.3 is 4.74 Å². The predicted molar refractivity (Wildman–Crippen MR) is 86.9 cm³/mol. The van der Waals surface area contributed by atoms with Gasteiger partial charge in [-0.25, -0.2) is 13.4 Å². The SMILES string of the molecule is C=CCn1c(-c2cnccn2)nnc1S(=O)(=O)C[C@H]1CCCCO1. The molecular weight excluding hydrogens is 330 g/mol. The highest BCUT2D eigenvalue weighted by Crippen LogP contribution is 2.22. The number of hydrogen-bond donors (Lipinski definition) is 0. The molecule has 2 aromatic rings. The molecule has 2 aromatic heterocycles. The molecule has 3 rings (SSSR count). The van der Waals surface area contributed by atoms with Crippen molar-refractivity contribution in [2.24, 2.45) is 0 Å². The maximum Gasteiger partial charge on any atom is 0.250 e. The van der Waals surface area contributed by atoms with E-state index >= 15 is 0 Å². The Bertz CT molecular complexity index is 798. The maximum atomic E-state index is 12.8. The van der Waals surface area contributed by atoms with Gasteiger partial charge in [0, 0.05) is 25.5 Å². The Morgan fingerprint density at radius 3 is 2.88 bits per heavy atom. The minimum atomic E-state index is -3.63. The molecule has 1 saturated heterocycles. The zero-order valence-electron chi connectivity index (χ0n) is 13.2. The second kappa shape index (κ2) is 7.18. The van der Waals surface area contributed by atoms with Crippen LogP contribution in [-0.2, 0) is 21.1 Å². The van der Waals surface area contributed by atoms with Crippen molar-refractivity contribution >= 4 is 9.84 Å². The molecule has 0 unspecified atom stereocenters. The number of rotatable bonds is 6. The van der Waals surface area contributed by atoms with Gasteiger partial charge in [0.1, 0.15) is 5.69 Å². The first-order chi connectivity index (χ1) is 11.6. The molecule has 1 aliphatic heterocycles. The fraction of sp³-hybridized carbons (Fsp3) is 0.467. The number of sulfone groups is 1. The summed E-state index contributed by atoms with van der Waals surface area (Å²) in [5.41, 5.74) is 0.460. The van der Waals surface area contributed by atoms with Gasteiger partial charge in [-0.3, -0.25) is 9.55 Å². The van der Waals surface area contributed by atoms with Crippen LogP contribution in [0.25, 0.3) is 11.5 Å². The summed E-state index contributed by atoms with van der Waals surface area (Å²) in [6, 6.07) is 0. The standard InChI is InChI=1S/C15H19N5O3S/c1-2-8-20-14(13-10-16-6-7-17-13)18-19-15(20)24(21,22)11-12-5-3-4-9-23-12/h2,6-7,10,12H,1,3-5,8-9,11H2/t12-/m1/s1. The van der Waals surface area contributed by atoms with Gasteiger partial charge in [0.25, 0.3) is 0 Å². The average molecular weight is 349 g/mol. The van der Waals surface area contributed by atoms with Gasteiger partial charge >= 0.3 is 0 Å². The van der Waals surface area contributed by atoms with Crippen molar-refractivity contribution in [2.45, 2.75) is 37.1 Å². The second-order valence-corrected chi connectivity index (χ2v) is 7.49. The van der Waals surface area contributed by atoms with Crippen molar-refractivity contribution in [1.29, 1.82) is 0 Å². The number of aromatic nitrogens is 5. The van der Waals surface area contributed by atoms with Crippen LogP contribution < -0.4 is 0 Å². The summed E-state index contributed by atoms with van der Waals surface area (Å²) in [5.74, 6) is 0.258. The van der Waals surface area contributed by atoms with Gasteiger partial charge in [-0.1, -0.05) is 6.08 Å². The highest BCUT2D eigenvalue weighted by atomic mass is 32.2. The fourth-order valence-corrected chi connectivity index (χ4v) is 4.24. The molecule has 8 nitrogen and oxygen atoms in total. The zero-order valence-corrected chi connectivity index (χ0v) is 14.0. The Kier molecular flexibility index (Phi) is 5.00. The van der Waals surface area contributed by atoms with E-state index in [9.17, 15) is 8.42 Å². The molecule has 3 heterocycles. The van der Waals surface area contributed by atoms with Gasteiger partial charge in [0.2, 0.25) is 15.0 Å². The van der Waals surface area contributed by atoms with Crippen molar-refractivity contribution < 1.29 is 13.2 Å². The third-order valence-electron chi connectivity index (χ3n) is 3.78. The van der Waals surface area contributed by atoms with Crippen LogP contribution >= 0.6 is 0 Å². The van der Waals surface area contributed by atoms with Crippen LogP contribution in [0.4, 0.5) is 0 Å². The molecule has 0 N–H and O–H groups in total. The molecule has 1 aliphatic rings. The van der Waals surface area contributed by atoms with Crippen molar-refractivity contribution in [2.75, 3.05) is 12.4 Å². The lowest BCUT2D eigenvalue weighted by Crippen LogP contribution is -2.29. The number of nitrogens with zero attached hydrogens (tertiary/aromatic N) is 5. The molecular formula is C15H19N5O3S.